The summed E-state index contributed by atoms with van der Waals surface area (Å²) in [6.07, 6.45) is 5.60. The van der Waals surface area contributed by atoms with Crippen molar-refractivity contribution >= 4 is 32.8 Å². The number of nitrogens with zero attached hydrogens (tertiary/aromatic N) is 2. The number of hydrogen-bond acceptors (Lipinski definition) is 8. The van der Waals surface area contributed by atoms with Crippen molar-refractivity contribution in [1.29, 1.82) is 0 Å². The SMILES string of the molecule is CCCOc1cccc(Oc2cc3c(cc2NS(=O)(=O)c2cccc(OC/C=C/CCCNC(=O)OC(C)(C)C)c2)n(C)c(=O)n3C)c1. The Morgan fingerprint density at radius 1 is 0.896 bits per heavy atom. The molecular weight excluding hydrogens is 636 g/mol. The predicted octanol–water partition coefficient (Wildman–Crippen LogP) is 6.50. The van der Waals surface area contributed by atoms with E-state index in [1.54, 1.807) is 56.6 Å². The number of amides is 1. The van der Waals surface area contributed by atoms with Gasteiger partial charge in [0.05, 0.1) is 28.2 Å². The molecule has 13 heteroatoms. The minimum Gasteiger partial charge on any atom is -0.493 e. The molecule has 12 nitrogen and oxygen atoms in total. The minimum atomic E-state index is -4.11. The molecule has 1 heterocycles. The zero-order valence-corrected chi connectivity index (χ0v) is 29.1. The van der Waals surface area contributed by atoms with E-state index in [9.17, 15) is 18.0 Å². The maximum Gasteiger partial charge on any atom is 0.407 e. The maximum atomic E-state index is 13.7. The lowest BCUT2D eigenvalue weighted by atomic mass is 10.2. The van der Waals surface area contributed by atoms with E-state index in [4.69, 9.17) is 18.9 Å². The van der Waals surface area contributed by atoms with E-state index in [1.165, 1.54) is 21.3 Å². The molecule has 2 N–H and O–H groups in total. The molecule has 258 valence electrons. The molecule has 0 radical (unpaired) electrons. The predicted molar refractivity (Wildman–Crippen MR) is 186 cm³/mol. The van der Waals surface area contributed by atoms with Crippen molar-refractivity contribution in [2.24, 2.45) is 14.1 Å². The summed E-state index contributed by atoms with van der Waals surface area (Å²) in [6, 6.07) is 16.4. The van der Waals surface area contributed by atoms with Crippen molar-refractivity contribution in [2.45, 2.75) is 57.5 Å². The number of fused-ring (bicyclic) bond motifs is 1. The van der Waals surface area contributed by atoms with Crippen LogP contribution in [0.15, 0.2) is 82.5 Å². The lowest BCUT2D eigenvalue weighted by Gasteiger charge is -2.19. The Kier molecular flexibility index (Phi) is 11.8. The van der Waals surface area contributed by atoms with E-state index >= 15 is 0 Å². The zero-order chi connectivity index (χ0) is 34.9. The summed E-state index contributed by atoms with van der Waals surface area (Å²) in [5.74, 6) is 1.63. The first-order valence-corrected chi connectivity index (χ1v) is 17.2. The van der Waals surface area contributed by atoms with Crippen LogP contribution in [0.1, 0.15) is 47.0 Å². The number of allylic oxidation sites excluding steroid dienone is 1. The lowest BCUT2D eigenvalue weighted by Crippen LogP contribution is -2.32. The van der Waals surface area contributed by atoms with E-state index in [1.807, 2.05) is 45.9 Å². The van der Waals surface area contributed by atoms with Crippen LogP contribution in [0.4, 0.5) is 10.5 Å². The summed E-state index contributed by atoms with van der Waals surface area (Å²) in [7, 11) is -0.851. The van der Waals surface area contributed by atoms with Gasteiger partial charge >= 0.3 is 11.8 Å². The average Bonchev–Trinajstić information content (AvgIpc) is 3.23. The van der Waals surface area contributed by atoms with Gasteiger partial charge in [-0.05, 0) is 70.4 Å². The second kappa shape index (κ2) is 15.8. The van der Waals surface area contributed by atoms with Crippen molar-refractivity contribution in [2.75, 3.05) is 24.5 Å². The molecule has 0 bridgehead atoms. The lowest BCUT2D eigenvalue weighted by molar-refractivity contribution is 0.0527. The van der Waals surface area contributed by atoms with Gasteiger partial charge in [-0.15, -0.1) is 0 Å². The average molecular weight is 681 g/mol. The number of carbonyl (C=O) groups is 1. The number of benzene rings is 3. The Balaban J connectivity index is 1.46. The first-order valence-electron chi connectivity index (χ1n) is 15.7. The Bertz CT molecular complexity index is 1920. The molecule has 0 atom stereocenters. The molecule has 3 aromatic carbocycles. The van der Waals surface area contributed by atoms with E-state index in [0.717, 1.165) is 19.3 Å². The third kappa shape index (κ3) is 9.80. The van der Waals surface area contributed by atoms with Crippen LogP contribution in [0.3, 0.4) is 0 Å². The Morgan fingerprint density at radius 3 is 2.27 bits per heavy atom. The van der Waals surface area contributed by atoms with Crippen LogP contribution in [0.25, 0.3) is 11.0 Å². The monoisotopic (exact) mass is 680 g/mol. The van der Waals surface area contributed by atoms with Crippen LogP contribution >= 0.6 is 0 Å². The third-order valence-corrected chi connectivity index (χ3v) is 8.33. The number of unbranched alkanes of at least 4 members (excludes halogenated alkanes) is 1. The fraction of sp³-hybridized carbons (Fsp3) is 0.371. The van der Waals surface area contributed by atoms with Crippen LogP contribution in [0.2, 0.25) is 0 Å². The fourth-order valence-corrected chi connectivity index (χ4v) is 5.75. The van der Waals surface area contributed by atoms with Gasteiger partial charge in [-0.25, -0.2) is 18.0 Å². The van der Waals surface area contributed by atoms with Crippen molar-refractivity contribution in [3.05, 3.63) is 83.3 Å². The largest absolute Gasteiger partial charge is 0.493 e. The van der Waals surface area contributed by atoms with Gasteiger partial charge in [0.25, 0.3) is 10.0 Å². The molecule has 0 unspecified atom stereocenters. The molecule has 4 rings (SSSR count). The van der Waals surface area contributed by atoms with Crippen molar-refractivity contribution < 1.29 is 32.2 Å². The summed E-state index contributed by atoms with van der Waals surface area (Å²) >= 11 is 0. The number of nitrogens with one attached hydrogen (secondary N) is 2. The number of aryl methyl sites for hydroxylation is 2. The van der Waals surface area contributed by atoms with E-state index in [0.29, 0.717) is 41.4 Å². The number of ether oxygens (including phenoxy) is 4. The molecule has 1 aromatic heterocycles. The summed E-state index contributed by atoms with van der Waals surface area (Å²) in [4.78, 5) is 24.4. The second-order valence-electron chi connectivity index (χ2n) is 12.1. The van der Waals surface area contributed by atoms with Gasteiger partial charge in [0.1, 0.15) is 29.5 Å². The second-order valence-corrected chi connectivity index (χ2v) is 13.8. The third-order valence-electron chi connectivity index (χ3n) is 6.97. The molecule has 0 fully saturated rings. The number of hydrogen-bond donors (Lipinski definition) is 2. The van der Waals surface area contributed by atoms with Crippen molar-refractivity contribution in [3.63, 3.8) is 0 Å². The number of rotatable bonds is 15. The topological polar surface area (TPSA) is 139 Å². The normalized spacial score (nSPS) is 11.9. The van der Waals surface area contributed by atoms with Crippen molar-refractivity contribution in [1.82, 2.24) is 14.5 Å². The molecule has 0 aliphatic carbocycles. The summed E-state index contributed by atoms with van der Waals surface area (Å²) < 4.78 is 55.8. The highest BCUT2D eigenvalue weighted by molar-refractivity contribution is 7.92. The molecule has 0 spiro atoms. The van der Waals surface area contributed by atoms with Gasteiger partial charge in [-0.2, -0.15) is 0 Å². The Labute approximate surface area is 281 Å². The highest BCUT2D eigenvalue weighted by Gasteiger charge is 2.21. The van der Waals surface area contributed by atoms with Gasteiger partial charge in [-0.3, -0.25) is 13.9 Å². The molecular formula is C35H44N4O8S. The maximum absolute atomic E-state index is 13.7. The quantitative estimate of drug-likeness (QED) is 0.107. The highest BCUT2D eigenvalue weighted by atomic mass is 32.2. The van der Waals surface area contributed by atoms with E-state index in [2.05, 4.69) is 10.0 Å². The zero-order valence-electron chi connectivity index (χ0n) is 28.2. The summed E-state index contributed by atoms with van der Waals surface area (Å²) in [6.45, 7) is 8.69. The van der Waals surface area contributed by atoms with E-state index < -0.39 is 21.7 Å². The van der Waals surface area contributed by atoms with Gasteiger partial charge in [0.2, 0.25) is 0 Å². The van der Waals surface area contributed by atoms with Crippen LogP contribution in [-0.4, -0.2) is 49.0 Å². The standard InChI is InChI=1S/C35H44N4O8S/c1-7-19-44-25-14-12-16-27(21-25)46-32-24-31-30(38(5)34(41)39(31)6)23-29(32)37-48(42,43)28-17-13-15-26(22-28)45-20-11-9-8-10-18-36-33(40)47-35(2,3)4/h9,11-17,21-24,37H,7-8,10,18-20H2,1-6H3,(H,36,40)/b11-9+. The highest BCUT2D eigenvalue weighted by Crippen LogP contribution is 2.36. The fourth-order valence-electron chi connectivity index (χ4n) is 4.65. The number of carbonyl (C=O) groups excluding carboxylic acids is 1. The summed E-state index contributed by atoms with van der Waals surface area (Å²) in [5.41, 5.74) is 0.444. The number of anilines is 1. The van der Waals surface area contributed by atoms with Crippen LogP contribution in [0, 0.1) is 0 Å². The van der Waals surface area contributed by atoms with Gasteiger partial charge < -0.3 is 24.3 Å². The van der Waals surface area contributed by atoms with E-state index in [-0.39, 0.29) is 28.6 Å². The number of sulfonamides is 1. The van der Waals surface area contributed by atoms with Crippen LogP contribution in [0.5, 0.6) is 23.0 Å². The van der Waals surface area contributed by atoms with Crippen molar-refractivity contribution in [3.8, 4) is 23.0 Å². The Morgan fingerprint density at radius 2 is 1.56 bits per heavy atom. The van der Waals surface area contributed by atoms with Gasteiger partial charge in [0.15, 0.2) is 5.75 Å². The first kappa shape index (κ1) is 35.9. The minimum absolute atomic E-state index is 0.0137. The Hall–Kier alpha value is -4.91. The van der Waals surface area contributed by atoms with Crippen LogP contribution < -0.4 is 29.9 Å². The number of aromatic nitrogens is 2. The molecule has 0 saturated carbocycles. The van der Waals surface area contributed by atoms with Gasteiger partial charge in [-0.1, -0.05) is 31.2 Å². The smallest absolute Gasteiger partial charge is 0.407 e. The van der Waals surface area contributed by atoms with Crippen LogP contribution in [-0.2, 0) is 28.9 Å². The molecule has 48 heavy (non-hydrogen) atoms. The molecule has 4 aromatic rings. The number of alkyl carbamates (subject to hydrolysis) is 1. The first-order chi connectivity index (χ1) is 22.8. The molecule has 0 aliphatic heterocycles. The van der Waals surface area contributed by atoms with Gasteiger partial charge in [0, 0.05) is 38.8 Å². The molecule has 0 saturated heterocycles. The molecule has 0 aliphatic rings. The number of imidazole rings is 1. The summed E-state index contributed by atoms with van der Waals surface area (Å²) in [5, 5.41) is 2.71. The molecule has 1 amide bonds.